The molecule has 5 nitrogen and oxygen atoms in total. The summed E-state index contributed by atoms with van der Waals surface area (Å²) in [6, 6.07) is 16.6. The Morgan fingerprint density at radius 1 is 1.10 bits per heavy atom. The molecule has 1 aromatic heterocycles. The lowest BCUT2D eigenvalue weighted by molar-refractivity contribution is -0.144. The van der Waals surface area contributed by atoms with Crippen LogP contribution in [0, 0.1) is 6.92 Å². The van der Waals surface area contributed by atoms with Crippen molar-refractivity contribution in [3.63, 3.8) is 0 Å². The molecule has 0 saturated heterocycles. The van der Waals surface area contributed by atoms with E-state index in [1.165, 1.54) is 6.92 Å². The molecule has 0 saturated carbocycles. The van der Waals surface area contributed by atoms with Crippen LogP contribution in [0.5, 0.6) is 5.75 Å². The predicted molar refractivity (Wildman–Crippen MR) is 112 cm³/mol. The minimum absolute atomic E-state index is 0.00475. The van der Waals surface area contributed by atoms with Crippen LogP contribution < -0.4 is 4.74 Å². The number of rotatable bonds is 8. The summed E-state index contributed by atoms with van der Waals surface area (Å²) < 4.78 is 7.32. The number of hydrogen-bond donors (Lipinski definition) is 1. The third kappa shape index (κ3) is 5.45. The Hall–Kier alpha value is -3.60. The normalized spacial score (nSPS) is 12.1. The first-order chi connectivity index (χ1) is 13.9. The van der Waals surface area contributed by atoms with Crippen LogP contribution in [0.1, 0.15) is 34.0 Å². The fourth-order valence-corrected chi connectivity index (χ4v) is 2.82. The monoisotopic (exact) mass is 389 g/mol. The SMILES string of the molecule is Cc1ccc(C(=O)c2ccn(C/C=C/c3cccc(O[C@@H](C)C(=O)O)c3)c2)cc1. The van der Waals surface area contributed by atoms with Gasteiger partial charge in [0, 0.05) is 30.1 Å². The second-order valence-electron chi connectivity index (χ2n) is 6.87. The van der Waals surface area contributed by atoms with Gasteiger partial charge in [-0.2, -0.15) is 0 Å². The molecule has 0 bridgehead atoms. The van der Waals surface area contributed by atoms with Crippen LogP contribution in [-0.2, 0) is 11.3 Å². The van der Waals surface area contributed by atoms with Crippen LogP contribution in [0.4, 0.5) is 0 Å². The molecule has 0 fully saturated rings. The molecule has 148 valence electrons. The van der Waals surface area contributed by atoms with Crippen molar-refractivity contribution < 1.29 is 19.4 Å². The average Bonchev–Trinajstić information content (AvgIpc) is 3.17. The molecule has 29 heavy (non-hydrogen) atoms. The van der Waals surface area contributed by atoms with Crippen LogP contribution in [0.25, 0.3) is 6.08 Å². The van der Waals surface area contributed by atoms with Gasteiger partial charge >= 0.3 is 5.97 Å². The molecule has 1 heterocycles. The molecule has 2 aromatic carbocycles. The highest BCUT2D eigenvalue weighted by molar-refractivity contribution is 6.08. The second kappa shape index (κ2) is 9.06. The number of hydrogen-bond acceptors (Lipinski definition) is 3. The standard InChI is InChI=1S/C24H23NO4/c1-17-8-10-20(11-9-17)23(26)21-12-14-25(16-21)13-4-6-19-5-3-7-22(15-19)29-18(2)24(27)28/h3-12,14-16,18H,13H2,1-2H3,(H,27,28)/b6-4+/t18-/m0/s1. The van der Waals surface area contributed by atoms with E-state index >= 15 is 0 Å². The summed E-state index contributed by atoms with van der Waals surface area (Å²) in [5.74, 6) is -0.492. The molecule has 3 aromatic rings. The molecule has 0 spiro atoms. The molecular weight excluding hydrogens is 366 g/mol. The van der Waals surface area contributed by atoms with Crippen molar-refractivity contribution in [1.29, 1.82) is 0 Å². The van der Waals surface area contributed by atoms with E-state index in [1.54, 1.807) is 12.1 Å². The van der Waals surface area contributed by atoms with E-state index in [4.69, 9.17) is 9.84 Å². The van der Waals surface area contributed by atoms with Gasteiger partial charge in [-0.05, 0) is 37.6 Å². The van der Waals surface area contributed by atoms with Gasteiger partial charge in [0.05, 0.1) is 0 Å². The van der Waals surface area contributed by atoms with Crippen molar-refractivity contribution in [2.75, 3.05) is 0 Å². The van der Waals surface area contributed by atoms with E-state index in [2.05, 4.69) is 0 Å². The Labute approximate surface area is 169 Å². The molecule has 0 amide bonds. The zero-order valence-electron chi connectivity index (χ0n) is 16.4. The highest BCUT2D eigenvalue weighted by Gasteiger charge is 2.12. The minimum Gasteiger partial charge on any atom is -0.479 e. The lowest BCUT2D eigenvalue weighted by atomic mass is 10.0. The van der Waals surface area contributed by atoms with E-state index in [9.17, 15) is 9.59 Å². The molecule has 1 atom stereocenters. The Balaban J connectivity index is 1.62. The molecule has 3 rings (SSSR count). The predicted octanol–water partition coefficient (Wildman–Crippen LogP) is 4.59. The van der Waals surface area contributed by atoms with Gasteiger partial charge in [0.25, 0.3) is 0 Å². The molecule has 0 aliphatic heterocycles. The van der Waals surface area contributed by atoms with Gasteiger partial charge in [-0.3, -0.25) is 4.79 Å². The topological polar surface area (TPSA) is 68.5 Å². The maximum Gasteiger partial charge on any atom is 0.344 e. The van der Waals surface area contributed by atoms with Crippen molar-refractivity contribution in [2.45, 2.75) is 26.5 Å². The summed E-state index contributed by atoms with van der Waals surface area (Å²) in [7, 11) is 0. The van der Waals surface area contributed by atoms with E-state index in [-0.39, 0.29) is 5.78 Å². The summed E-state index contributed by atoms with van der Waals surface area (Å²) in [4.78, 5) is 23.5. The first-order valence-electron chi connectivity index (χ1n) is 9.35. The summed E-state index contributed by atoms with van der Waals surface area (Å²) in [6.45, 7) is 4.09. The van der Waals surface area contributed by atoms with Gasteiger partial charge in [-0.15, -0.1) is 0 Å². The minimum atomic E-state index is -1.01. The van der Waals surface area contributed by atoms with Gasteiger partial charge in [0.2, 0.25) is 0 Å². The Morgan fingerprint density at radius 2 is 1.86 bits per heavy atom. The fourth-order valence-electron chi connectivity index (χ4n) is 2.82. The number of aliphatic carboxylic acids is 1. The number of benzene rings is 2. The van der Waals surface area contributed by atoms with Crippen LogP contribution in [0.15, 0.2) is 73.1 Å². The molecule has 5 heteroatoms. The number of aryl methyl sites for hydroxylation is 1. The number of carboxylic acid groups (broad SMARTS) is 1. The summed E-state index contributed by atoms with van der Waals surface area (Å²) >= 11 is 0. The highest BCUT2D eigenvalue weighted by Crippen LogP contribution is 2.17. The first-order valence-corrected chi connectivity index (χ1v) is 9.35. The Kier molecular flexibility index (Phi) is 6.29. The number of ketones is 1. The Morgan fingerprint density at radius 3 is 2.59 bits per heavy atom. The number of allylic oxidation sites excluding steroid dienone is 1. The van der Waals surface area contributed by atoms with Gasteiger partial charge in [-0.25, -0.2) is 4.79 Å². The molecule has 0 aliphatic rings. The average molecular weight is 389 g/mol. The van der Waals surface area contributed by atoms with Crippen molar-refractivity contribution in [1.82, 2.24) is 4.57 Å². The third-order valence-corrected chi connectivity index (χ3v) is 4.47. The maximum atomic E-state index is 12.6. The number of ether oxygens (including phenoxy) is 1. The lowest BCUT2D eigenvalue weighted by Crippen LogP contribution is -2.22. The van der Waals surface area contributed by atoms with Crippen LogP contribution in [0.3, 0.4) is 0 Å². The van der Waals surface area contributed by atoms with E-state index < -0.39 is 12.1 Å². The number of aromatic nitrogens is 1. The first kappa shape index (κ1) is 20.1. The fraction of sp³-hybridized carbons (Fsp3) is 0.167. The second-order valence-corrected chi connectivity index (χ2v) is 6.87. The molecule has 0 radical (unpaired) electrons. The molecule has 0 unspecified atom stereocenters. The number of nitrogens with zero attached hydrogens (tertiary/aromatic N) is 1. The van der Waals surface area contributed by atoms with Gasteiger partial charge < -0.3 is 14.4 Å². The zero-order valence-corrected chi connectivity index (χ0v) is 16.4. The molecular formula is C24H23NO4. The summed E-state index contributed by atoms with van der Waals surface area (Å²) in [5, 5.41) is 8.94. The zero-order chi connectivity index (χ0) is 20.8. The quantitative estimate of drug-likeness (QED) is 0.572. The van der Waals surface area contributed by atoms with E-state index in [0.29, 0.717) is 23.4 Å². The molecule has 0 aliphatic carbocycles. The van der Waals surface area contributed by atoms with Crippen LogP contribution >= 0.6 is 0 Å². The largest absolute Gasteiger partial charge is 0.479 e. The van der Waals surface area contributed by atoms with Crippen LogP contribution in [0.2, 0.25) is 0 Å². The van der Waals surface area contributed by atoms with Crippen molar-refractivity contribution in [3.8, 4) is 5.75 Å². The van der Waals surface area contributed by atoms with Crippen LogP contribution in [-0.4, -0.2) is 27.5 Å². The third-order valence-electron chi connectivity index (χ3n) is 4.47. The number of carbonyl (C=O) groups excluding carboxylic acids is 1. The highest BCUT2D eigenvalue weighted by atomic mass is 16.5. The van der Waals surface area contributed by atoms with Crippen molar-refractivity contribution in [3.05, 3.63) is 95.3 Å². The van der Waals surface area contributed by atoms with Gasteiger partial charge in [0.15, 0.2) is 11.9 Å². The van der Waals surface area contributed by atoms with E-state index in [0.717, 1.165) is 11.1 Å². The Bertz CT molecular complexity index is 1030. The van der Waals surface area contributed by atoms with Gasteiger partial charge in [0.1, 0.15) is 5.75 Å². The summed E-state index contributed by atoms with van der Waals surface area (Å²) in [6.07, 6.45) is 6.71. The number of carboxylic acids is 1. The number of carbonyl (C=O) groups is 2. The maximum absolute atomic E-state index is 12.6. The van der Waals surface area contributed by atoms with Crippen molar-refractivity contribution in [2.24, 2.45) is 0 Å². The van der Waals surface area contributed by atoms with E-state index in [1.807, 2.05) is 78.5 Å². The smallest absolute Gasteiger partial charge is 0.344 e. The lowest BCUT2D eigenvalue weighted by Gasteiger charge is -2.10. The van der Waals surface area contributed by atoms with Gasteiger partial charge in [-0.1, -0.05) is 54.1 Å². The van der Waals surface area contributed by atoms with Crippen molar-refractivity contribution >= 4 is 17.8 Å². The summed E-state index contributed by atoms with van der Waals surface area (Å²) in [5.41, 5.74) is 3.36. The molecule has 1 N–H and O–H groups in total.